The molecule has 9 heteroatoms. The number of carboxylic acid groups (broad SMARTS) is 1. The molecule has 7 nitrogen and oxygen atoms in total. The van der Waals surface area contributed by atoms with Crippen LogP contribution in [0, 0.1) is 0 Å². The summed E-state index contributed by atoms with van der Waals surface area (Å²) in [5.74, 6) is -0.173. The molecule has 0 fully saturated rings. The lowest BCUT2D eigenvalue weighted by Gasteiger charge is -2.23. The van der Waals surface area contributed by atoms with Crippen molar-refractivity contribution >= 4 is 46.8 Å². The molecule has 0 aliphatic heterocycles. The molecular weight excluding hydrogens is 365 g/mol. The number of aromatic nitrogens is 3. The van der Waals surface area contributed by atoms with E-state index in [4.69, 9.17) is 28.3 Å². The maximum atomic E-state index is 10.8. The Kier molecular flexibility index (Phi) is 6.78. The summed E-state index contributed by atoms with van der Waals surface area (Å²) in [6, 6.07) is 7.29. The molecule has 0 amide bonds. The molecule has 0 aliphatic carbocycles. The molecule has 1 aromatic heterocycles. The van der Waals surface area contributed by atoms with Crippen LogP contribution in [0.2, 0.25) is 10.3 Å². The molecule has 0 unspecified atom stereocenters. The highest BCUT2D eigenvalue weighted by Crippen LogP contribution is 2.27. The van der Waals surface area contributed by atoms with Gasteiger partial charge in [0, 0.05) is 29.7 Å². The normalized spacial score (nSPS) is 10.8. The Morgan fingerprint density at radius 2 is 2.04 bits per heavy atom. The lowest BCUT2D eigenvalue weighted by atomic mass is 10.2. The number of rotatable bonds is 8. The topological polar surface area (TPSA) is 91.2 Å². The van der Waals surface area contributed by atoms with Gasteiger partial charge in [0.1, 0.15) is 0 Å². The molecule has 0 radical (unpaired) electrons. The predicted octanol–water partition coefficient (Wildman–Crippen LogP) is 4.00. The summed E-state index contributed by atoms with van der Waals surface area (Å²) in [5.41, 5.74) is 0.746. The first-order valence-electron chi connectivity index (χ1n) is 7.78. The largest absolute Gasteiger partial charge is 0.481 e. The first-order chi connectivity index (χ1) is 11.8. The fourth-order valence-electron chi connectivity index (χ4n) is 2.16. The molecular formula is C16H19Cl2N5O2. The van der Waals surface area contributed by atoms with Crippen molar-refractivity contribution in [1.82, 2.24) is 15.0 Å². The van der Waals surface area contributed by atoms with Gasteiger partial charge in [-0.05, 0) is 50.1 Å². The Labute approximate surface area is 156 Å². The van der Waals surface area contributed by atoms with Crippen LogP contribution < -0.4 is 10.2 Å². The first-order valence-corrected chi connectivity index (χ1v) is 8.54. The average Bonchev–Trinajstić information content (AvgIpc) is 2.50. The van der Waals surface area contributed by atoms with Crippen molar-refractivity contribution in [1.29, 1.82) is 0 Å². The number of halogens is 2. The van der Waals surface area contributed by atoms with Gasteiger partial charge in [-0.3, -0.25) is 4.79 Å². The van der Waals surface area contributed by atoms with Gasteiger partial charge in [-0.2, -0.15) is 15.0 Å². The van der Waals surface area contributed by atoms with Crippen LogP contribution in [0.4, 0.5) is 17.6 Å². The molecule has 1 aromatic carbocycles. The predicted molar refractivity (Wildman–Crippen MR) is 98.9 cm³/mol. The van der Waals surface area contributed by atoms with Crippen molar-refractivity contribution in [3.8, 4) is 0 Å². The fourth-order valence-corrected chi connectivity index (χ4v) is 2.50. The van der Waals surface area contributed by atoms with E-state index in [1.807, 2.05) is 19.9 Å². The van der Waals surface area contributed by atoms with Gasteiger partial charge in [-0.1, -0.05) is 17.7 Å². The summed E-state index contributed by atoms with van der Waals surface area (Å²) in [7, 11) is 0. The molecule has 134 valence electrons. The molecule has 0 saturated carbocycles. The van der Waals surface area contributed by atoms with Crippen molar-refractivity contribution in [3.05, 3.63) is 34.6 Å². The van der Waals surface area contributed by atoms with E-state index >= 15 is 0 Å². The van der Waals surface area contributed by atoms with Crippen LogP contribution in [-0.2, 0) is 4.79 Å². The van der Waals surface area contributed by atoms with Gasteiger partial charge in [-0.15, -0.1) is 0 Å². The Morgan fingerprint density at radius 1 is 1.28 bits per heavy atom. The van der Waals surface area contributed by atoms with Crippen LogP contribution in [0.1, 0.15) is 26.7 Å². The fraction of sp³-hybridized carbons (Fsp3) is 0.375. The van der Waals surface area contributed by atoms with Crippen molar-refractivity contribution in [2.24, 2.45) is 0 Å². The molecule has 0 spiro atoms. The summed E-state index contributed by atoms with van der Waals surface area (Å²) >= 11 is 12.1. The minimum Gasteiger partial charge on any atom is -0.481 e. The van der Waals surface area contributed by atoms with Gasteiger partial charge >= 0.3 is 5.97 Å². The van der Waals surface area contributed by atoms with E-state index in [9.17, 15) is 4.79 Å². The van der Waals surface area contributed by atoms with E-state index in [0.29, 0.717) is 29.9 Å². The van der Waals surface area contributed by atoms with Crippen molar-refractivity contribution in [2.75, 3.05) is 16.8 Å². The highest BCUT2D eigenvalue weighted by molar-refractivity contribution is 6.30. The number of anilines is 3. The lowest BCUT2D eigenvalue weighted by Crippen LogP contribution is -2.23. The summed E-state index contributed by atoms with van der Waals surface area (Å²) < 4.78 is 0. The second kappa shape index (κ2) is 8.82. The number of carboxylic acids is 1. The molecule has 1 heterocycles. The minimum atomic E-state index is -0.859. The van der Waals surface area contributed by atoms with E-state index in [0.717, 1.165) is 5.69 Å². The summed E-state index contributed by atoms with van der Waals surface area (Å²) in [6.07, 6.45) is 0.449. The number of hydrogen-bond acceptors (Lipinski definition) is 6. The Hall–Kier alpha value is -2.12. The maximum absolute atomic E-state index is 10.8. The van der Waals surface area contributed by atoms with Crippen LogP contribution >= 0.6 is 23.2 Å². The zero-order chi connectivity index (χ0) is 18.4. The SMILES string of the molecule is CC(C)Nc1nc(Cl)nc(N(CCCC(=O)O)c2cccc(Cl)c2)n1. The Balaban J connectivity index is 2.36. The van der Waals surface area contributed by atoms with E-state index in [-0.39, 0.29) is 17.7 Å². The second-order valence-electron chi connectivity index (χ2n) is 5.66. The van der Waals surface area contributed by atoms with E-state index in [2.05, 4.69) is 20.3 Å². The molecule has 0 saturated heterocycles. The van der Waals surface area contributed by atoms with Crippen LogP contribution in [0.15, 0.2) is 24.3 Å². The van der Waals surface area contributed by atoms with Gasteiger partial charge in [0.05, 0.1) is 0 Å². The van der Waals surface area contributed by atoms with Crippen LogP contribution in [0.3, 0.4) is 0 Å². The smallest absolute Gasteiger partial charge is 0.303 e. The van der Waals surface area contributed by atoms with E-state index < -0.39 is 5.97 Å². The number of nitrogens with one attached hydrogen (secondary N) is 1. The van der Waals surface area contributed by atoms with Crippen LogP contribution in [0.5, 0.6) is 0 Å². The summed E-state index contributed by atoms with van der Waals surface area (Å²) in [6.45, 7) is 4.31. The third-order valence-electron chi connectivity index (χ3n) is 3.15. The number of benzene rings is 1. The van der Waals surface area contributed by atoms with E-state index in [1.165, 1.54) is 0 Å². The second-order valence-corrected chi connectivity index (χ2v) is 6.43. The minimum absolute atomic E-state index is 0.0347. The third-order valence-corrected chi connectivity index (χ3v) is 3.55. The van der Waals surface area contributed by atoms with Gasteiger partial charge in [0.15, 0.2) is 0 Å². The maximum Gasteiger partial charge on any atom is 0.303 e. The number of carbonyl (C=O) groups is 1. The van der Waals surface area contributed by atoms with Crippen LogP contribution in [0.25, 0.3) is 0 Å². The monoisotopic (exact) mass is 383 g/mol. The molecule has 25 heavy (non-hydrogen) atoms. The molecule has 2 N–H and O–H groups in total. The lowest BCUT2D eigenvalue weighted by molar-refractivity contribution is -0.137. The summed E-state index contributed by atoms with van der Waals surface area (Å²) in [4.78, 5) is 25.2. The zero-order valence-electron chi connectivity index (χ0n) is 13.9. The molecule has 0 aliphatic rings. The van der Waals surface area contributed by atoms with Gasteiger partial charge in [0.25, 0.3) is 0 Å². The van der Waals surface area contributed by atoms with E-state index in [1.54, 1.807) is 23.1 Å². The van der Waals surface area contributed by atoms with Crippen LogP contribution in [-0.4, -0.2) is 38.6 Å². The molecule has 0 bridgehead atoms. The summed E-state index contributed by atoms with van der Waals surface area (Å²) in [5, 5.41) is 12.6. The number of hydrogen-bond donors (Lipinski definition) is 2. The van der Waals surface area contributed by atoms with Crippen molar-refractivity contribution in [3.63, 3.8) is 0 Å². The quantitative estimate of drug-likeness (QED) is 0.711. The number of aliphatic carboxylic acids is 1. The first kappa shape index (κ1) is 19.2. The Morgan fingerprint density at radius 3 is 2.68 bits per heavy atom. The van der Waals surface area contributed by atoms with Gasteiger partial charge in [0.2, 0.25) is 17.2 Å². The van der Waals surface area contributed by atoms with Gasteiger partial charge in [-0.25, -0.2) is 0 Å². The Bertz CT molecular complexity index is 742. The highest BCUT2D eigenvalue weighted by atomic mass is 35.5. The standard InChI is InChI=1S/C16H19Cl2N5O2/c1-10(2)19-15-20-14(18)21-16(22-15)23(8-4-7-13(24)25)12-6-3-5-11(17)9-12/h3,5-6,9-10H,4,7-8H2,1-2H3,(H,24,25)(H,19,20,21,22). The number of nitrogens with zero attached hydrogens (tertiary/aromatic N) is 4. The zero-order valence-corrected chi connectivity index (χ0v) is 15.4. The molecule has 2 rings (SSSR count). The third kappa shape index (κ3) is 6.03. The molecule has 0 atom stereocenters. The highest BCUT2D eigenvalue weighted by Gasteiger charge is 2.16. The van der Waals surface area contributed by atoms with Crippen molar-refractivity contribution < 1.29 is 9.90 Å². The average molecular weight is 384 g/mol. The van der Waals surface area contributed by atoms with Crippen molar-refractivity contribution in [2.45, 2.75) is 32.7 Å². The van der Waals surface area contributed by atoms with Gasteiger partial charge < -0.3 is 15.3 Å². The molecule has 2 aromatic rings.